The predicted molar refractivity (Wildman–Crippen MR) is 282 cm³/mol. The third-order valence-electron chi connectivity index (χ3n) is 25.8. The first-order valence-corrected chi connectivity index (χ1v) is 30.7. The van der Waals surface area contributed by atoms with Crippen molar-refractivity contribution in [2.75, 3.05) is 26.2 Å². The van der Waals surface area contributed by atoms with Gasteiger partial charge >= 0.3 is 11.9 Å². The molecule has 74 heavy (non-hydrogen) atoms. The fraction of sp³-hybridized carbons (Fsp3) is 0.697. The maximum absolute atomic E-state index is 16.6. The number of nitrogens with zero attached hydrogens (tertiary/aromatic N) is 2. The number of carbonyl (C=O) groups is 2. The number of esters is 2. The number of piperidine rings is 2. The minimum Gasteiger partial charge on any atom is -0.509 e. The van der Waals surface area contributed by atoms with Crippen molar-refractivity contribution in [1.29, 1.82) is 0 Å². The molecule has 388 valence electrons. The van der Waals surface area contributed by atoms with Gasteiger partial charge in [0.1, 0.15) is 11.2 Å². The van der Waals surface area contributed by atoms with Gasteiger partial charge in [-0.2, -0.15) is 0 Å². The average Bonchev–Trinajstić information content (AvgIpc) is 4.20. The summed E-state index contributed by atoms with van der Waals surface area (Å²) in [6, 6.07) is 7.00. The Morgan fingerprint density at radius 2 is 1.80 bits per heavy atom. The molecule has 1 aromatic carbocycles. The summed E-state index contributed by atoms with van der Waals surface area (Å²) in [6.45, 7) is 6.18. The van der Waals surface area contributed by atoms with Crippen molar-refractivity contribution < 1.29 is 24.2 Å². The van der Waals surface area contributed by atoms with Gasteiger partial charge in [-0.3, -0.25) is 9.69 Å². The van der Waals surface area contributed by atoms with Crippen molar-refractivity contribution in [2.45, 2.75) is 166 Å². The van der Waals surface area contributed by atoms with E-state index in [1.165, 1.54) is 94.6 Å². The molecule has 8 aliphatic heterocycles. The number of hydrogen-bond acceptors (Lipinski definition) is 8. The number of allylic oxidation sites excluding steroid dienone is 6. The lowest BCUT2D eigenvalue weighted by Crippen LogP contribution is -2.78. The smallest absolute Gasteiger partial charge is 0.339 e. The Labute approximate surface area is 439 Å². The first kappa shape index (κ1) is 45.0. The van der Waals surface area contributed by atoms with Gasteiger partial charge in [0.05, 0.1) is 11.0 Å². The van der Waals surface area contributed by atoms with Crippen LogP contribution in [0.1, 0.15) is 163 Å². The van der Waals surface area contributed by atoms with E-state index >= 15 is 9.59 Å². The van der Waals surface area contributed by atoms with Gasteiger partial charge in [-0.1, -0.05) is 97.6 Å². The zero-order valence-corrected chi connectivity index (χ0v) is 44.1. The van der Waals surface area contributed by atoms with Crippen LogP contribution < -0.4 is 5.73 Å². The highest BCUT2D eigenvalue weighted by molar-refractivity contribution is 6.00. The van der Waals surface area contributed by atoms with Crippen LogP contribution in [0.2, 0.25) is 0 Å². The van der Waals surface area contributed by atoms with E-state index in [2.05, 4.69) is 65.0 Å². The molecule has 18 rings (SSSR count). The Hall–Kier alpha value is -4.06. The maximum Gasteiger partial charge on any atom is 0.339 e. The molecule has 19 atom stereocenters. The quantitative estimate of drug-likeness (QED) is 0.175. The molecule has 0 amide bonds. The van der Waals surface area contributed by atoms with Gasteiger partial charge in [-0.05, 0) is 173 Å². The van der Waals surface area contributed by atoms with Gasteiger partial charge in [-0.15, -0.1) is 0 Å². The van der Waals surface area contributed by atoms with Crippen LogP contribution in [-0.4, -0.2) is 65.1 Å². The number of aryl methyl sites for hydroxylation is 1. The van der Waals surface area contributed by atoms with Crippen LogP contribution in [-0.2, 0) is 26.3 Å². The number of fused-ring (bicyclic) bond motifs is 5. The number of nitrogens with two attached hydrogens (primary N) is 1. The molecule has 0 radical (unpaired) electrons. The van der Waals surface area contributed by atoms with E-state index < -0.39 is 16.4 Å². The highest BCUT2D eigenvalue weighted by Gasteiger charge is 2.94. The van der Waals surface area contributed by atoms with Crippen molar-refractivity contribution >= 4 is 11.9 Å². The standard InChI is InChI=1S/C66H79N3O5/c1-36-25-42-19-20-52-50-35-68-33-45-34-69(52)59(42)57-48-21-23-64-60(54(70)30-53(68)44-26-43-31-63(32-44)22-7-14-46(63)27-39(43)12-5-15-47(45)50)73-62(72)65(64)55(66(64)51-16-6-11-38(13-8-24-67)56(51)61(71)74-66)29-40(37-9-3-2-4-10-37)17-18-41(58(48)65)28-49(36)57/h6,11,16-18,27,36-37,40-41,43-47,49-50,52-53,55,57,70H,2-4,7-10,12-14,19-26,28-35,67H2,1H3/b18-17-,60-54-/t36-,40-,41-,43-,44-,45+,46+,47+,49+,50+,52+,53-,55+,57+,63-,64-,65-,66-/m1/s1. The summed E-state index contributed by atoms with van der Waals surface area (Å²) < 4.78 is 14.8. The fourth-order valence-electron chi connectivity index (χ4n) is 23.4. The minimum atomic E-state index is -1.16. The first-order valence-electron chi connectivity index (χ1n) is 30.7. The summed E-state index contributed by atoms with van der Waals surface area (Å²) in [5, 5.41) is 14.0. The van der Waals surface area contributed by atoms with E-state index in [0.717, 1.165) is 69.3 Å². The highest BCUT2D eigenvalue weighted by atomic mass is 16.6. The molecule has 1 aromatic rings. The number of rotatable bonds is 4. The first-order chi connectivity index (χ1) is 36.2. The van der Waals surface area contributed by atoms with Gasteiger partial charge in [-0.25, -0.2) is 4.79 Å². The zero-order valence-electron chi connectivity index (χ0n) is 44.1. The van der Waals surface area contributed by atoms with Crippen molar-refractivity contribution in [3.05, 3.63) is 92.6 Å². The van der Waals surface area contributed by atoms with Crippen LogP contribution in [0, 0.1) is 105 Å². The second kappa shape index (κ2) is 15.6. The Bertz CT molecular complexity index is 2930. The fourth-order valence-corrected chi connectivity index (χ4v) is 23.4. The molecule has 3 N–H and O–H groups in total. The van der Waals surface area contributed by atoms with E-state index in [1.54, 1.807) is 16.8 Å². The molecule has 1 unspecified atom stereocenters. The second-order valence-electron chi connectivity index (χ2n) is 28.2. The monoisotopic (exact) mass is 994 g/mol. The van der Waals surface area contributed by atoms with Crippen LogP contribution in [0.15, 0.2) is 75.9 Å². The summed E-state index contributed by atoms with van der Waals surface area (Å²) in [5.41, 5.74) is 13.7. The van der Waals surface area contributed by atoms with Crippen LogP contribution >= 0.6 is 0 Å². The van der Waals surface area contributed by atoms with Gasteiger partial charge in [0, 0.05) is 85.4 Å². The van der Waals surface area contributed by atoms with Gasteiger partial charge in [0.2, 0.25) is 0 Å². The van der Waals surface area contributed by atoms with E-state index in [0.29, 0.717) is 102 Å². The molecule has 17 aliphatic rings. The Morgan fingerprint density at radius 1 is 0.892 bits per heavy atom. The molecule has 0 aromatic heterocycles. The molecule has 4 spiro atoms. The molecule has 8 heterocycles. The molecular weight excluding hydrogens is 915 g/mol. The molecule has 8 heteroatoms. The van der Waals surface area contributed by atoms with E-state index in [4.69, 9.17) is 15.2 Å². The third-order valence-corrected chi connectivity index (χ3v) is 25.8. The van der Waals surface area contributed by atoms with Crippen molar-refractivity contribution in [3.63, 3.8) is 0 Å². The number of ether oxygens (including phenoxy) is 2. The van der Waals surface area contributed by atoms with Crippen molar-refractivity contribution in [3.8, 4) is 11.8 Å². The molecule has 9 aliphatic carbocycles. The minimum absolute atomic E-state index is 0.0860. The molecule has 11 bridgehead atoms. The number of carbonyl (C=O) groups excluding carboxylic acids is 2. The molecular formula is C66H79N3O5. The largest absolute Gasteiger partial charge is 0.509 e. The number of aliphatic hydroxyl groups is 1. The zero-order chi connectivity index (χ0) is 49.2. The maximum atomic E-state index is 16.6. The molecule has 8 nitrogen and oxygen atoms in total. The number of benzene rings is 1. The molecule has 7 fully saturated rings. The lowest BCUT2D eigenvalue weighted by Gasteiger charge is -2.73. The van der Waals surface area contributed by atoms with Gasteiger partial charge < -0.3 is 25.2 Å². The predicted octanol–water partition coefficient (Wildman–Crippen LogP) is 11.6. The Balaban J connectivity index is 0.945. The molecule has 4 saturated carbocycles. The lowest BCUT2D eigenvalue weighted by molar-refractivity contribution is -0.282. The highest BCUT2D eigenvalue weighted by Crippen LogP contribution is 2.88. The SMILES string of the molecule is C[C@@H]1CC2=C3[C@H]4C5=C6[C@H](/C=C\[C@@H](C7CCCCC7)C[C@H]7[C@]68C(=O)O/C(=C(\O)C[C@@H]6[C@@H]9C[C@@H]%10C[C@]%11(CCC[C@H]%11C=C%10CC#C[C@H]%10[C@H]%11CN6C[C@@H]%10[C@H](CC2)N3C%11)C9)[C@@]8(CC5)[C@]72OC(=O)c3c(CCCN)cccc32)C[C@H]41. The number of hydrogen-bond donors (Lipinski definition) is 2. The summed E-state index contributed by atoms with van der Waals surface area (Å²) >= 11 is 0. The van der Waals surface area contributed by atoms with Crippen molar-refractivity contribution in [1.82, 2.24) is 9.80 Å². The summed E-state index contributed by atoms with van der Waals surface area (Å²) in [4.78, 5) is 37.9. The van der Waals surface area contributed by atoms with Crippen LogP contribution in [0.4, 0.5) is 0 Å². The van der Waals surface area contributed by atoms with Gasteiger partial charge in [0.15, 0.2) is 11.4 Å². The van der Waals surface area contributed by atoms with E-state index in [-0.39, 0.29) is 47.4 Å². The summed E-state index contributed by atoms with van der Waals surface area (Å²) in [5.74, 6) is 13.1. The molecule has 3 saturated heterocycles. The topological polar surface area (TPSA) is 105 Å². The summed E-state index contributed by atoms with van der Waals surface area (Å²) in [7, 11) is 0. The van der Waals surface area contributed by atoms with E-state index in [1.807, 2.05) is 0 Å². The Kier molecular flexibility index (Phi) is 9.47. The van der Waals surface area contributed by atoms with E-state index in [9.17, 15) is 5.11 Å². The van der Waals surface area contributed by atoms with Crippen LogP contribution in [0.3, 0.4) is 0 Å². The lowest BCUT2D eigenvalue weighted by atomic mass is 9.27. The van der Waals surface area contributed by atoms with Crippen LogP contribution in [0.5, 0.6) is 0 Å². The third kappa shape index (κ3) is 5.38. The van der Waals surface area contributed by atoms with Crippen molar-refractivity contribution in [2.24, 2.45) is 98.9 Å². The Morgan fingerprint density at radius 3 is 2.69 bits per heavy atom. The average molecular weight is 994 g/mol. The summed E-state index contributed by atoms with van der Waals surface area (Å²) in [6.07, 6.45) is 31.4. The second-order valence-corrected chi connectivity index (χ2v) is 28.2. The normalized spacial score (nSPS) is 49.7. The number of aliphatic hydroxyl groups excluding tert-OH is 1. The van der Waals surface area contributed by atoms with Gasteiger partial charge in [0.25, 0.3) is 0 Å². The van der Waals surface area contributed by atoms with Crippen LogP contribution in [0.25, 0.3) is 0 Å².